The van der Waals surface area contributed by atoms with E-state index >= 15 is 0 Å². The summed E-state index contributed by atoms with van der Waals surface area (Å²) in [5, 5.41) is 5.78. The first-order valence-electron chi connectivity index (χ1n) is 8.65. The molecule has 0 aliphatic carbocycles. The first-order valence-corrected chi connectivity index (χ1v) is 9.06. The average Bonchev–Trinajstić information content (AvgIpc) is 2.68. The molecule has 0 heterocycles. The number of unbranched alkanes of at least 4 members (excludes halogenated alkanes) is 1. The molecule has 0 bridgehead atoms. The van der Waals surface area contributed by atoms with Gasteiger partial charge in [0.1, 0.15) is 17.2 Å². The summed E-state index contributed by atoms with van der Waals surface area (Å²) in [7, 11) is 3.12. The first-order chi connectivity index (χ1) is 13.1. The molecule has 2 aromatic carbocycles. The van der Waals surface area contributed by atoms with Crippen LogP contribution in [0.3, 0.4) is 0 Å². The first kappa shape index (κ1) is 20.5. The van der Waals surface area contributed by atoms with Crippen LogP contribution in [0.1, 0.15) is 30.1 Å². The van der Waals surface area contributed by atoms with E-state index in [0.717, 1.165) is 12.8 Å². The molecule has 0 saturated heterocycles. The second-order valence-electron chi connectivity index (χ2n) is 5.67. The summed E-state index contributed by atoms with van der Waals surface area (Å²) in [5.41, 5.74) is 1.02. The third-order valence-electron chi connectivity index (χ3n) is 3.77. The fourth-order valence-corrected chi connectivity index (χ4v) is 2.54. The minimum atomic E-state index is -0.346. The van der Waals surface area contributed by atoms with Gasteiger partial charge in [-0.15, -0.1) is 0 Å². The summed E-state index contributed by atoms with van der Waals surface area (Å²) >= 11 is 5.27. The number of hydrogen-bond acceptors (Lipinski definition) is 5. The molecule has 0 fully saturated rings. The van der Waals surface area contributed by atoms with E-state index in [0.29, 0.717) is 35.1 Å². The van der Waals surface area contributed by atoms with Gasteiger partial charge in [0.15, 0.2) is 5.11 Å². The van der Waals surface area contributed by atoms with E-state index in [1.54, 1.807) is 50.6 Å². The highest BCUT2D eigenvalue weighted by Crippen LogP contribution is 2.28. The summed E-state index contributed by atoms with van der Waals surface area (Å²) in [5.74, 6) is 1.41. The molecule has 27 heavy (non-hydrogen) atoms. The number of ether oxygens (including phenoxy) is 3. The molecule has 0 aliphatic heterocycles. The quantitative estimate of drug-likeness (QED) is 0.526. The number of para-hydroxylation sites is 1. The lowest BCUT2D eigenvalue weighted by molar-refractivity contribution is 0.0973. The number of nitrogens with one attached hydrogen (secondary N) is 2. The maximum absolute atomic E-state index is 12.6. The molecule has 0 saturated carbocycles. The molecule has 0 aliphatic rings. The Hall–Kier alpha value is -2.80. The number of amides is 1. The Kier molecular flexibility index (Phi) is 7.88. The minimum absolute atomic E-state index is 0.148. The van der Waals surface area contributed by atoms with Crippen molar-refractivity contribution in [3.05, 3.63) is 48.0 Å². The number of hydrogen-bond donors (Lipinski definition) is 2. The summed E-state index contributed by atoms with van der Waals surface area (Å²) in [6.07, 6.45) is 1.94. The summed E-state index contributed by atoms with van der Waals surface area (Å²) in [4.78, 5) is 12.6. The van der Waals surface area contributed by atoms with Crippen LogP contribution in [0.15, 0.2) is 42.5 Å². The Labute approximate surface area is 164 Å². The van der Waals surface area contributed by atoms with Crippen LogP contribution in [-0.2, 0) is 0 Å². The SMILES string of the molecule is CCCCOc1ccccc1C(=O)NC(=S)Nc1cc(OC)ccc1OC. The lowest BCUT2D eigenvalue weighted by atomic mass is 10.2. The molecule has 2 N–H and O–H groups in total. The van der Waals surface area contributed by atoms with Gasteiger partial charge in [0.05, 0.1) is 32.1 Å². The fraction of sp³-hybridized carbons (Fsp3) is 0.300. The molecule has 144 valence electrons. The molecule has 0 spiro atoms. The third kappa shape index (κ3) is 5.86. The number of carbonyl (C=O) groups is 1. The Morgan fingerprint density at radius 2 is 1.85 bits per heavy atom. The molecule has 0 atom stereocenters. The van der Waals surface area contributed by atoms with Gasteiger partial charge in [-0.2, -0.15) is 0 Å². The van der Waals surface area contributed by atoms with Crippen LogP contribution in [0, 0.1) is 0 Å². The van der Waals surface area contributed by atoms with Gasteiger partial charge in [0.2, 0.25) is 0 Å². The number of rotatable bonds is 8. The summed E-state index contributed by atoms with van der Waals surface area (Å²) < 4.78 is 16.2. The minimum Gasteiger partial charge on any atom is -0.497 e. The van der Waals surface area contributed by atoms with E-state index in [4.69, 9.17) is 26.4 Å². The zero-order valence-corrected chi connectivity index (χ0v) is 16.5. The Bertz CT molecular complexity index is 795. The van der Waals surface area contributed by atoms with Crippen LogP contribution < -0.4 is 24.8 Å². The van der Waals surface area contributed by atoms with Crippen molar-refractivity contribution < 1.29 is 19.0 Å². The Morgan fingerprint density at radius 1 is 1.07 bits per heavy atom. The fourth-order valence-electron chi connectivity index (χ4n) is 2.34. The van der Waals surface area contributed by atoms with Crippen molar-refractivity contribution in [1.82, 2.24) is 5.32 Å². The molecule has 0 aromatic heterocycles. The highest BCUT2D eigenvalue weighted by atomic mass is 32.1. The topological polar surface area (TPSA) is 68.8 Å². The van der Waals surface area contributed by atoms with Crippen LogP contribution >= 0.6 is 12.2 Å². The maximum atomic E-state index is 12.6. The maximum Gasteiger partial charge on any atom is 0.261 e. The van der Waals surface area contributed by atoms with Gasteiger partial charge in [0.25, 0.3) is 5.91 Å². The van der Waals surface area contributed by atoms with Gasteiger partial charge < -0.3 is 19.5 Å². The monoisotopic (exact) mass is 388 g/mol. The molecule has 1 amide bonds. The number of thiocarbonyl (C=S) groups is 1. The van der Waals surface area contributed by atoms with E-state index in [9.17, 15) is 4.79 Å². The van der Waals surface area contributed by atoms with Crippen molar-refractivity contribution in [3.63, 3.8) is 0 Å². The van der Waals surface area contributed by atoms with Crippen molar-refractivity contribution in [3.8, 4) is 17.2 Å². The van der Waals surface area contributed by atoms with Crippen molar-refractivity contribution in [2.75, 3.05) is 26.1 Å². The normalized spacial score (nSPS) is 10.0. The van der Waals surface area contributed by atoms with Crippen molar-refractivity contribution in [2.45, 2.75) is 19.8 Å². The van der Waals surface area contributed by atoms with E-state index in [-0.39, 0.29) is 11.0 Å². The smallest absolute Gasteiger partial charge is 0.261 e. The van der Waals surface area contributed by atoms with Gasteiger partial charge in [-0.05, 0) is 42.9 Å². The summed E-state index contributed by atoms with van der Waals surface area (Å²) in [6.45, 7) is 2.64. The summed E-state index contributed by atoms with van der Waals surface area (Å²) in [6, 6.07) is 12.3. The highest BCUT2D eigenvalue weighted by Gasteiger charge is 2.14. The van der Waals surface area contributed by atoms with Gasteiger partial charge in [-0.25, -0.2) is 0 Å². The van der Waals surface area contributed by atoms with E-state index in [2.05, 4.69) is 17.6 Å². The van der Waals surface area contributed by atoms with E-state index in [1.807, 2.05) is 6.07 Å². The third-order valence-corrected chi connectivity index (χ3v) is 3.97. The zero-order valence-electron chi connectivity index (χ0n) is 15.7. The molecule has 0 radical (unpaired) electrons. The van der Waals surface area contributed by atoms with Gasteiger partial charge >= 0.3 is 0 Å². The molecule has 0 unspecified atom stereocenters. The zero-order chi connectivity index (χ0) is 19.6. The molecule has 7 heteroatoms. The van der Waals surface area contributed by atoms with Crippen LogP contribution in [0.4, 0.5) is 5.69 Å². The lowest BCUT2D eigenvalue weighted by Gasteiger charge is -2.15. The molecule has 2 rings (SSSR count). The Morgan fingerprint density at radius 3 is 2.56 bits per heavy atom. The van der Waals surface area contributed by atoms with Gasteiger partial charge in [-0.1, -0.05) is 25.5 Å². The van der Waals surface area contributed by atoms with Crippen LogP contribution in [0.25, 0.3) is 0 Å². The predicted octanol–water partition coefficient (Wildman–Crippen LogP) is 4.01. The predicted molar refractivity (Wildman–Crippen MR) is 110 cm³/mol. The number of anilines is 1. The van der Waals surface area contributed by atoms with Crippen LogP contribution in [0.5, 0.6) is 17.2 Å². The molecule has 2 aromatic rings. The molecule has 6 nitrogen and oxygen atoms in total. The van der Waals surface area contributed by atoms with Crippen LogP contribution in [-0.4, -0.2) is 31.8 Å². The van der Waals surface area contributed by atoms with Gasteiger partial charge in [0, 0.05) is 6.07 Å². The van der Waals surface area contributed by atoms with E-state index < -0.39 is 0 Å². The Balaban J connectivity index is 2.07. The van der Waals surface area contributed by atoms with Crippen molar-refractivity contribution >= 4 is 28.9 Å². The van der Waals surface area contributed by atoms with Crippen LogP contribution in [0.2, 0.25) is 0 Å². The van der Waals surface area contributed by atoms with Gasteiger partial charge in [-0.3, -0.25) is 10.1 Å². The van der Waals surface area contributed by atoms with E-state index in [1.165, 1.54) is 0 Å². The second kappa shape index (κ2) is 10.4. The largest absolute Gasteiger partial charge is 0.497 e. The van der Waals surface area contributed by atoms with Crippen molar-refractivity contribution in [1.29, 1.82) is 0 Å². The average molecular weight is 388 g/mol. The lowest BCUT2D eigenvalue weighted by Crippen LogP contribution is -2.34. The highest BCUT2D eigenvalue weighted by molar-refractivity contribution is 7.80. The number of methoxy groups -OCH3 is 2. The number of benzene rings is 2. The second-order valence-corrected chi connectivity index (χ2v) is 6.08. The standard InChI is InChI=1S/C20H24N2O4S/c1-4-5-12-26-17-9-7-6-8-15(17)19(23)22-20(27)21-16-13-14(24-2)10-11-18(16)25-3/h6-11,13H,4-5,12H2,1-3H3,(H2,21,22,23,27). The molecular formula is C20H24N2O4S. The number of carbonyl (C=O) groups excluding carboxylic acids is 1. The molecular weight excluding hydrogens is 364 g/mol. The van der Waals surface area contributed by atoms with Crippen molar-refractivity contribution in [2.24, 2.45) is 0 Å².